The molecule has 0 spiro atoms. The molecule has 3 N–H and O–H groups in total. The van der Waals surface area contributed by atoms with Gasteiger partial charge >= 0.3 is 12.0 Å². The summed E-state index contributed by atoms with van der Waals surface area (Å²) in [6.07, 6.45) is 1.65. The highest BCUT2D eigenvalue weighted by molar-refractivity contribution is 7.09. The van der Waals surface area contributed by atoms with E-state index in [1.807, 2.05) is 5.38 Å². The van der Waals surface area contributed by atoms with Crippen LogP contribution in [0.4, 0.5) is 10.5 Å². The summed E-state index contributed by atoms with van der Waals surface area (Å²) in [6, 6.07) is 3.64. The molecule has 0 unspecified atom stereocenters. The van der Waals surface area contributed by atoms with Gasteiger partial charge in [0.2, 0.25) is 0 Å². The van der Waals surface area contributed by atoms with Crippen molar-refractivity contribution in [2.75, 3.05) is 5.32 Å². The maximum atomic E-state index is 11.7. The molecule has 0 aliphatic rings. The lowest BCUT2D eigenvalue weighted by Crippen LogP contribution is -2.28. The Balaban J connectivity index is 1.95. The average molecular weight is 312 g/mol. The summed E-state index contributed by atoms with van der Waals surface area (Å²) in [7, 11) is 0. The maximum Gasteiger partial charge on any atom is 0.335 e. The van der Waals surface area contributed by atoms with Crippen LogP contribution in [0.2, 0.25) is 5.02 Å². The molecule has 0 aliphatic heterocycles. The summed E-state index contributed by atoms with van der Waals surface area (Å²) >= 11 is 7.34. The predicted octanol–water partition coefficient (Wildman–Crippen LogP) is 2.82. The van der Waals surface area contributed by atoms with Crippen LogP contribution in [0.15, 0.2) is 29.8 Å². The van der Waals surface area contributed by atoms with E-state index in [-0.39, 0.29) is 10.6 Å². The minimum Gasteiger partial charge on any atom is -0.478 e. The van der Waals surface area contributed by atoms with Crippen molar-refractivity contribution in [2.24, 2.45) is 0 Å². The van der Waals surface area contributed by atoms with Gasteiger partial charge in [-0.15, -0.1) is 11.3 Å². The number of anilines is 1. The maximum absolute atomic E-state index is 11.7. The third-order valence-corrected chi connectivity index (χ3v) is 3.44. The monoisotopic (exact) mass is 311 g/mol. The zero-order chi connectivity index (χ0) is 14.5. The molecule has 2 rings (SSSR count). The van der Waals surface area contributed by atoms with Gasteiger partial charge in [-0.2, -0.15) is 0 Å². The fourth-order valence-corrected chi connectivity index (χ4v) is 2.20. The van der Waals surface area contributed by atoms with Crippen LogP contribution < -0.4 is 10.6 Å². The first-order chi connectivity index (χ1) is 9.56. The molecule has 2 aromatic rings. The first-order valence-corrected chi connectivity index (χ1v) is 6.78. The number of carboxylic acid groups (broad SMARTS) is 1. The number of rotatable bonds is 4. The second-order valence-corrected chi connectivity index (χ2v) is 5.12. The summed E-state index contributed by atoms with van der Waals surface area (Å²) < 4.78 is 0. The second kappa shape index (κ2) is 6.36. The van der Waals surface area contributed by atoms with E-state index in [0.717, 1.165) is 5.01 Å². The van der Waals surface area contributed by atoms with E-state index in [0.29, 0.717) is 12.2 Å². The summed E-state index contributed by atoms with van der Waals surface area (Å²) in [5.41, 5.74) is 0.400. The Labute approximate surface area is 123 Å². The predicted molar refractivity (Wildman–Crippen MR) is 76.4 cm³/mol. The van der Waals surface area contributed by atoms with E-state index in [1.165, 1.54) is 29.5 Å². The van der Waals surface area contributed by atoms with Gasteiger partial charge in [-0.1, -0.05) is 11.6 Å². The fourth-order valence-electron chi connectivity index (χ4n) is 1.41. The van der Waals surface area contributed by atoms with Crippen LogP contribution in [0, 0.1) is 0 Å². The fraction of sp³-hybridized carbons (Fsp3) is 0.0833. The normalized spacial score (nSPS) is 10.1. The number of urea groups is 1. The standard InChI is InChI=1S/C12H10ClN3O3S/c13-8-5-7(11(17)18)1-2-9(8)16-12(19)15-6-10-14-3-4-20-10/h1-5H,6H2,(H,17,18)(H2,15,16,19). The van der Waals surface area contributed by atoms with Crippen molar-refractivity contribution in [2.45, 2.75) is 6.54 Å². The molecule has 1 aromatic carbocycles. The van der Waals surface area contributed by atoms with Crippen molar-refractivity contribution in [1.82, 2.24) is 10.3 Å². The molecule has 8 heteroatoms. The van der Waals surface area contributed by atoms with Crippen molar-refractivity contribution < 1.29 is 14.7 Å². The number of amides is 2. The molecule has 1 aromatic heterocycles. The highest BCUT2D eigenvalue weighted by Gasteiger charge is 2.09. The first-order valence-electron chi connectivity index (χ1n) is 5.52. The number of nitrogens with one attached hydrogen (secondary N) is 2. The number of carbonyl (C=O) groups is 2. The highest BCUT2D eigenvalue weighted by atomic mass is 35.5. The number of thiazole rings is 1. The Morgan fingerprint density at radius 1 is 1.40 bits per heavy atom. The van der Waals surface area contributed by atoms with Gasteiger partial charge in [-0.05, 0) is 18.2 Å². The van der Waals surface area contributed by atoms with Gasteiger partial charge in [-0.25, -0.2) is 14.6 Å². The number of aromatic carboxylic acids is 1. The van der Waals surface area contributed by atoms with Crippen LogP contribution in [0.3, 0.4) is 0 Å². The van der Waals surface area contributed by atoms with Crippen molar-refractivity contribution >= 4 is 40.6 Å². The van der Waals surface area contributed by atoms with Crippen LogP contribution in [0.5, 0.6) is 0 Å². The van der Waals surface area contributed by atoms with Crippen LogP contribution >= 0.6 is 22.9 Å². The van der Waals surface area contributed by atoms with E-state index in [1.54, 1.807) is 6.20 Å². The van der Waals surface area contributed by atoms with Crippen LogP contribution in [0.1, 0.15) is 15.4 Å². The van der Waals surface area contributed by atoms with E-state index >= 15 is 0 Å². The largest absolute Gasteiger partial charge is 0.478 e. The molecule has 6 nitrogen and oxygen atoms in total. The summed E-state index contributed by atoms with van der Waals surface area (Å²) in [5.74, 6) is -1.08. The number of nitrogens with zero attached hydrogens (tertiary/aromatic N) is 1. The SMILES string of the molecule is O=C(NCc1nccs1)Nc1ccc(C(=O)O)cc1Cl. The van der Waals surface area contributed by atoms with Crippen molar-refractivity contribution in [3.63, 3.8) is 0 Å². The lowest BCUT2D eigenvalue weighted by Gasteiger charge is -2.08. The number of carboxylic acids is 1. The number of aromatic nitrogens is 1. The van der Waals surface area contributed by atoms with Gasteiger partial charge in [-0.3, -0.25) is 0 Å². The molecule has 0 bridgehead atoms. The van der Waals surface area contributed by atoms with Gasteiger partial charge in [0.25, 0.3) is 0 Å². The number of benzene rings is 1. The zero-order valence-electron chi connectivity index (χ0n) is 10.1. The summed E-state index contributed by atoms with van der Waals surface area (Å²) in [4.78, 5) is 26.4. The second-order valence-electron chi connectivity index (χ2n) is 3.73. The molecular formula is C12H10ClN3O3S. The Morgan fingerprint density at radius 3 is 2.80 bits per heavy atom. The lowest BCUT2D eigenvalue weighted by molar-refractivity contribution is 0.0697. The quantitative estimate of drug-likeness (QED) is 0.809. The lowest BCUT2D eigenvalue weighted by atomic mass is 10.2. The Hall–Kier alpha value is -2.12. The zero-order valence-corrected chi connectivity index (χ0v) is 11.7. The number of halogens is 1. The molecule has 0 fully saturated rings. The minimum absolute atomic E-state index is 0.0590. The highest BCUT2D eigenvalue weighted by Crippen LogP contribution is 2.23. The van der Waals surface area contributed by atoms with E-state index in [2.05, 4.69) is 15.6 Å². The van der Waals surface area contributed by atoms with E-state index < -0.39 is 12.0 Å². The molecule has 1 heterocycles. The van der Waals surface area contributed by atoms with Crippen molar-refractivity contribution in [1.29, 1.82) is 0 Å². The first kappa shape index (κ1) is 14.3. The number of hydrogen-bond donors (Lipinski definition) is 3. The molecule has 0 radical (unpaired) electrons. The Bertz CT molecular complexity index is 631. The minimum atomic E-state index is -1.08. The third kappa shape index (κ3) is 3.69. The molecule has 2 amide bonds. The number of carbonyl (C=O) groups excluding carboxylic acids is 1. The summed E-state index contributed by atoms with van der Waals surface area (Å²) in [5, 5.41) is 16.7. The van der Waals surface area contributed by atoms with Crippen LogP contribution in [-0.4, -0.2) is 22.1 Å². The molecule has 0 atom stereocenters. The molecule has 0 saturated carbocycles. The van der Waals surface area contributed by atoms with Gasteiger partial charge in [0.15, 0.2) is 0 Å². The van der Waals surface area contributed by atoms with Crippen molar-refractivity contribution in [3.8, 4) is 0 Å². The van der Waals surface area contributed by atoms with Gasteiger partial charge in [0, 0.05) is 11.6 Å². The van der Waals surface area contributed by atoms with Crippen molar-refractivity contribution in [3.05, 3.63) is 45.4 Å². The van der Waals surface area contributed by atoms with Gasteiger partial charge in [0.05, 0.1) is 22.8 Å². The van der Waals surface area contributed by atoms with Crippen LogP contribution in [-0.2, 0) is 6.54 Å². The van der Waals surface area contributed by atoms with Crippen LogP contribution in [0.25, 0.3) is 0 Å². The van der Waals surface area contributed by atoms with E-state index in [4.69, 9.17) is 16.7 Å². The average Bonchev–Trinajstić information content (AvgIpc) is 2.91. The summed E-state index contributed by atoms with van der Waals surface area (Å²) in [6.45, 7) is 0.314. The Kier molecular flexibility index (Phi) is 4.54. The van der Waals surface area contributed by atoms with Gasteiger partial charge in [0.1, 0.15) is 5.01 Å². The molecule has 0 saturated heterocycles. The number of hydrogen-bond acceptors (Lipinski definition) is 4. The van der Waals surface area contributed by atoms with Gasteiger partial charge < -0.3 is 15.7 Å². The Morgan fingerprint density at radius 2 is 2.20 bits per heavy atom. The topological polar surface area (TPSA) is 91.3 Å². The molecule has 0 aliphatic carbocycles. The molecule has 20 heavy (non-hydrogen) atoms. The third-order valence-electron chi connectivity index (χ3n) is 2.35. The smallest absolute Gasteiger partial charge is 0.335 e. The molecular weight excluding hydrogens is 302 g/mol. The van der Waals surface area contributed by atoms with E-state index in [9.17, 15) is 9.59 Å². The molecule has 104 valence electrons.